The number of ether oxygens (including phenoxy) is 2. The lowest BCUT2D eigenvalue weighted by atomic mass is 10.0. The van der Waals surface area contributed by atoms with Gasteiger partial charge in [-0.3, -0.25) is 4.79 Å². The van der Waals surface area contributed by atoms with E-state index in [0.717, 1.165) is 16.5 Å². The highest BCUT2D eigenvalue weighted by Gasteiger charge is 2.20. The Bertz CT molecular complexity index is 1150. The van der Waals surface area contributed by atoms with E-state index in [2.05, 4.69) is 6.07 Å². The minimum Gasteiger partial charge on any atom is -0.489 e. The van der Waals surface area contributed by atoms with Crippen LogP contribution in [0.25, 0.3) is 10.9 Å². The van der Waals surface area contributed by atoms with E-state index in [9.17, 15) is 10.1 Å². The summed E-state index contributed by atoms with van der Waals surface area (Å²) in [6.07, 6.45) is 0. The van der Waals surface area contributed by atoms with Gasteiger partial charge in [-0.25, -0.2) is 0 Å². The van der Waals surface area contributed by atoms with Gasteiger partial charge in [-0.05, 0) is 50.6 Å². The number of fused-ring (bicyclic) bond motifs is 1. The number of hydrogen-bond acceptors (Lipinski definition) is 6. The maximum Gasteiger partial charge on any atom is 0.181 e. The first-order valence-corrected chi connectivity index (χ1v) is 10.0. The number of carbonyl (C=O) groups is 1. The summed E-state index contributed by atoms with van der Waals surface area (Å²) < 4.78 is 13.3. The number of ketones is 1. The minimum atomic E-state index is -0.731. The molecule has 0 aliphatic rings. The van der Waals surface area contributed by atoms with Crippen molar-refractivity contribution in [2.45, 2.75) is 39.0 Å². The molecule has 0 spiro atoms. The van der Waals surface area contributed by atoms with Gasteiger partial charge in [0.15, 0.2) is 5.78 Å². The van der Waals surface area contributed by atoms with Crippen molar-refractivity contribution in [3.63, 3.8) is 0 Å². The quantitative estimate of drug-likeness (QED) is 0.565. The largest absolute Gasteiger partial charge is 0.489 e. The Balaban J connectivity index is 1.72. The lowest BCUT2D eigenvalue weighted by Crippen LogP contribution is -2.38. The van der Waals surface area contributed by atoms with Gasteiger partial charge < -0.3 is 25.5 Å². The van der Waals surface area contributed by atoms with Crippen molar-refractivity contribution in [3.05, 3.63) is 59.2 Å². The molecule has 3 aromatic rings. The second-order valence-electron chi connectivity index (χ2n) is 8.49. The lowest BCUT2D eigenvalue weighted by Gasteiger charge is -2.22. The zero-order chi connectivity index (χ0) is 22.8. The van der Waals surface area contributed by atoms with E-state index in [-0.39, 0.29) is 24.6 Å². The molecule has 0 aliphatic carbocycles. The van der Waals surface area contributed by atoms with Gasteiger partial charge in [-0.2, -0.15) is 5.26 Å². The van der Waals surface area contributed by atoms with Crippen LogP contribution in [0.5, 0.6) is 5.75 Å². The van der Waals surface area contributed by atoms with E-state index in [4.69, 9.17) is 20.9 Å². The molecule has 0 unspecified atom stereocenters. The highest BCUT2D eigenvalue weighted by atomic mass is 16.5. The Kier molecular flexibility index (Phi) is 6.34. The lowest BCUT2D eigenvalue weighted by molar-refractivity contribution is -0.00770. The van der Waals surface area contributed by atoms with Gasteiger partial charge in [-0.1, -0.05) is 18.2 Å². The van der Waals surface area contributed by atoms with Gasteiger partial charge in [0, 0.05) is 18.0 Å². The summed E-state index contributed by atoms with van der Waals surface area (Å²) >= 11 is 0. The van der Waals surface area contributed by atoms with E-state index >= 15 is 0 Å². The standard InChI is InChI=1S/C24H28N4O3/c1-24(2,3)31-14-20(26)22(29)16-7-5-6-15(10-16)13-30-17-8-9-21-18(11-17)19(12-25)23(27)28(21)4/h5-11,20H,13-14,26-27H2,1-4H3/t20-/m0/s1. The Morgan fingerprint density at radius 1 is 1.23 bits per heavy atom. The number of benzene rings is 2. The topological polar surface area (TPSA) is 116 Å². The van der Waals surface area contributed by atoms with E-state index in [1.807, 2.05) is 46.0 Å². The predicted molar refractivity (Wildman–Crippen MR) is 121 cm³/mol. The first-order chi connectivity index (χ1) is 14.6. The van der Waals surface area contributed by atoms with Crippen LogP contribution in [0.15, 0.2) is 42.5 Å². The normalized spacial score (nSPS) is 12.5. The van der Waals surface area contributed by atoms with Gasteiger partial charge in [0.2, 0.25) is 0 Å². The Hall–Kier alpha value is -3.34. The fraction of sp³-hybridized carbons (Fsp3) is 0.333. The van der Waals surface area contributed by atoms with Crippen LogP contribution in [0.2, 0.25) is 0 Å². The maximum atomic E-state index is 12.6. The molecule has 3 rings (SSSR count). The Morgan fingerprint density at radius 3 is 2.65 bits per heavy atom. The third kappa shape index (κ3) is 5.05. The zero-order valence-corrected chi connectivity index (χ0v) is 18.3. The van der Waals surface area contributed by atoms with Crippen molar-refractivity contribution in [1.29, 1.82) is 5.26 Å². The summed E-state index contributed by atoms with van der Waals surface area (Å²) in [7, 11) is 1.82. The summed E-state index contributed by atoms with van der Waals surface area (Å²) in [6, 6.07) is 14.1. The zero-order valence-electron chi connectivity index (χ0n) is 18.3. The second kappa shape index (κ2) is 8.80. The van der Waals surface area contributed by atoms with Crippen LogP contribution in [0.1, 0.15) is 42.3 Å². The number of nitrogens with two attached hydrogens (primary N) is 2. The molecule has 1 atom stereocenters. The smallest absolute Gasteiger partial charge is 0.181 e. The molecule has 0 amide bonds. The van der Waals surface area contributed by atoms with Crippen LogP contribution in [0.4, 0.5) is 5.82 Å². The number of carbonyl (C=O) groups excluding carboxylic acids is 1. The number of aryl methyl sites for hydroxylation is 1. The third-order valence-electron chi connectivity index (χ3n) is 4.98. The molecule has 0 radical (unpaired) electrons. The van der Waals surface area contributed by atoms with Crippen LogP contribution >= 0.6 is 0 Å². The van der Waals surface area contributed by atoms with Crippen molar-refractivity contribution in [2.24, 2.45) is 12.8 Å². The number of Topliss-reactive ketones (excluding diaryl/α,β-unsaturated/α-hetero) is 1. The molecular formula is C24H28N4O3. The van der Waals surface area contributed by atoms with Crippen molar-refractivity contribution in [3.8, 4) is 11.8 Å². The van der Waals surface area contributed by atoms with Crippen LogP contribution in [-0.2, 0) is 18.4 Å². The molecule has 0 aliphatic heterocycles. The summed E-state index contributed by atoms with van der Waals surface area (Å²) in [5.74, 6) is 0.861. The fourth-order valence-corrected chi connectivity index (χ4v) is 3.26. The third-order valence-corrected chi connectivity index (χ3v) is 4.98. The number of nitrogen functional groups attached to an aromatic ring is 1. The molecule has 0 saturated heterocycles. The highest BCUT2D eigenvalue weighted by molar-refractivity contribution is 6.00. The summed E-state index contributed by atoms with van der Waals surface area (Å²) in [5, 5.41) is 10.1. The highest BCUT2D eigenvalue weighted by Crippen LogP contribution is 2.30. The average Bonchev–Trinajstić information content (AvgIpc) is 2.98. The molecule has 1 aromatic heterocycles. The van der Waals surface area contributed by atoms with Gasteiger partial charge in [0.05, 0.1) is 23.8 Å². The summed E-state index contributed by atoms with van der Waals surface area (Å²) in [6.45, 7) is 6.18. The van der Waals surface area contributed by atoms with Gasteiger partial charge in [0.1, 0.15) is 29.8 Å². The van der Waals surface area contributed by atoms with Crippen molar-refractivity contribution in [2.75, 3.05) is 12.3 Å². The second-order valence-corrected chi connectivity index (χ2v) is 8.49. The molecule has 0 saturated carbocycles. The Labute approximate surface area is 182 Å². The Morgan fingerprint density at radius 2 is 1.97 bits per heavy atom. The van der Waals surface area contributed by atoms with E-state index in [1.54, 1.807) is 28.8 Å². The number of hydrogen-bond donors (Lipinski definition) is 2. The van der Waals surface area contributed by atoms with Crippen LogP contribution in [0, 0.1) is 11.3 Å². The molecule has 0 fully saturated rings. The molecule has 7 nitrogen and oxygen atoms in total. The molecule has 1 heterocycles. The SMILES string of the molecule is Cn1c(N)c(C#N)c2cc(OCc3cccc(C(=O)[C@@H](N)COC(C)(C)C)c3)ccc21. The van der Waals surface area contributed by atoms with E-state index in [1.165, 1.54) is 0 Å². The number of nitrogens with zero attached hydrogens (tertiary/aromatic N) is 2. The average molecular weight is 421 g/mol. The maximum absolute atomic E-state index is 12.6. The van der Waals surface area contributed by atoms with Gasteiger partial charge >= 0.3 is 0 Å². The van der Waals surface area contributed by atoms with Crippen LogP contribution in [-0.4, -0.2) is 28.6 Å². The minimum absolute atomic E-state index is 0.157. The number of aromatic nitrogens is 1. The monoisotopic (exact) mass is 420 g/mol. The molecule has 0 bridgehead atoms. The van der Waals surface area contributed by atoms with Crippen molar-refractivity contribution in [1.82, 2.24) is 4.57 Å². The summed E-state index contributed by atoms with van der Waals surface area (Å²) in [5.41, 5.74) is 14.3. The van der Waals surface area contributed by atoms with Crippen molar-refractivity contribution < 1.29 is 14.3 Å². The molecule has 4 N–H and O–H groups in total. The first-order valence-electron chi connectivity index (χ1n) is 10.0. The fourth-order valence-electron chi connectivity index (χ4n) is 3.26. The first kappa shape index (κ1) is 22.3. The molecule has 162 valence electrons. The molecule has 31 heavy (non-hydrogen) atoms. The summed E-state index contributed by atoms with van der Waals surface area (Å²) in [4.78, 5) is 12.6. The van der Waals surface area contributed by atoms with E-state index in [0.29, 0.717) is 22.7 Å². The number of nitriles is 1. The molecule has 7 heteroatoms. The predicted octanol–water partition coefficient (Wildman–Crippen LogP) is 3.54. The molecule has 2 aromatic carbocycles. The molecular weight excluding hydrogens is 392 g/mol. The van der Waals surface area contributed by atoms with Crippen LogP contribution in [0.3, 0.4) is 0 Å². The van der Waals surface area contributed by atoms with Gasteiger partial charge in [-0.15, -0.1) is 0 Å². The van der Waals surface area contributed by atoms with Crippen molar-refractivity contribution >= 4 is 22.5 Å². The van der Waals surface area contributed by atoms with E-state index < -0.39 is 6.04 Å². The van der Waals surface area contributed by atoms with Crippen LogP contribution < -0.4 is 16.2 Å². The number of anilines is 1. The van der Waals surface area contributed by atoms with Gasteiger partial charge in [0.25, 0.3) is 0 Å². The number of rotatable bonds is 7.